The highest BCUT2D eigenvalue weighted by atomic mass is 32.2. The van der Waals surface area contributed by atoms with E-state index in [0.717, 1.165) is 34.2 Å². The fourth-order valence-corrected chi connectivity index (χ4v) is 4.75. The molecule has 5 nitrogen and oxygen atoms in total. The van der Waals surface area contributed by atoms with Gasteiger partial charge in [0.15, 0.2) is 5.16 Å². The number of hydrogen-bond acceptors (Lipinski definition) is 4. The smallest absolute Gasteiger partial charge is 0.234 e. The van der Waals surface area contributed by atoms with Crippen LogP contribution in [0.3, 0.4) is 0 Å². The number of carbonyl (C=O) groups excluding carboxylic acids is 1. The molecule has 164 valence electrons. The van der Waals surface area contributed by atoms with E-state index in [1.807, 2.05) is 42.5 Å². The number of methoxy groups -OCH3 is 1. The maximum absolute atomic E-state index is 12.6. The average molecular weight is 446 g/mol. The highest BCUT2D eigenvalue weighted by Crippen LogP contribution is 2.27. The highest BCUT2D eigenvalue weighted by Gasteiger charge is 2.15. The van der Waals surface area contributed by atoms with E-state index in [-0.39, 0.29) is 11.7 Å². The van der Waals surface area contributed by atoms with E-state index < -0.39 is 0 Å². The lowest BCUT2D eigenvalue weighted by Crippen LogP contribution is -2.14. The number of imidazole rings is 1. The van der Waals surface area contributed by atoms with Crippen molar-refractivity contribution in [2.75, 3.05) is 18.2 Å². The van der Waals surface area contributed by atoms with Gasteiger partial charge in [-0.25, -0.2) is 4.98 Å². The van der Waals surface area contributed by atoms with Crippen molar-refractivity contribution >= 4 is 34.4 Å². The average Bonchev–Trinajstić information content (AvgIpc) is 3.12. The van der Waals surface area contributed by atoms with Crippen molar-refractivity contribution in [3.05, 3.63) is 82.9 Å². The number of amides is 1. The predicted molar refractivity (Wildman–Crippen MR) is 132 cm³/mol. The fourth-order valence-electron chi connectivity index (χ4n) is 3.94. The van der Waals surface area contributed by atoms with Gasteiger partial charge in [0.2, 0.25) is 5.91 Å². The first-order chi connectivity index (χ1) is 15.4. The van der Waals surface area contributed by atoms with Gasteiger partial charge in [0.25, 0.3) is 0 Å². The number of carbonyl (C=O) groups is 1. The van der Waals surface area contributed by atoms with Crippen molar-refractivity contribution in [1.82, 2.24) is 9.55 Å². The first-order valence-electron chi connectivity index (χ1n) is 10.5. The Labute approximate surface area is 192 Å². The number of aryl methyl sites for hydroxylation is 3. The van der Waals surface area contributed by atoms with Crippen molar-refractivity contribution in [1.29, 1.82) is 0 Å². The zero-order valence-electron chi connectivity index (χ0n) is 18.8. The summed E-state index contributed by atoms with van der Waals surface area (Å²) in [7, 11) is 1.62. The topological polar surface area (TPSA) is 56.1 Å². The molecule has 0 bridgehead atoms. The van der Waals surface area contributed by atoms with Gasteiger partial charge in [0.05, 0.1) is 30.4 Å². The van der Waals surface area contributed by atoms with E-state index in [9.17, 15) is 4.79 Å². The third-order valence-corrected chi connectivity index (χ3v) is 6.46. The minimum Gasteiger partial charge on any atom is -0.497 e. The number of anilines is 1. The van der Waals surface area contributed by atoms with E-state index >= 15 is 0 Å². The van der Waals surface area contributed by atoms with E-state index in [4.69, 9.17) is 9.72 Å². The molecule has 0 radical (unpaired) electrons. The summed E-state index contributed by atoms with van der Waals surface area (Å²) >= 11 is 1.46. The van der Waals surface area contributed by atoms with Gasteiger partial charge in [-0.3, -0.25) is 4.79 Å². The number of rotatable bonds is 7. The van der Waals surface area contributed by atoms with Gasteiger partial charge in [0.1, 0.15) is 5.75 Å². The molecular formula is C26H27N3O2S. The van der Waals surface area contributed by atoms with Crippen LogP contribution in [0.1, 0.15) is 22.3 Å². The van der Waals surface area contributed by atoms with Crippen molar-refractivity contribution in [3.63, 3.8) is 0 Å². The molecule has 1 aromatic heterocycles. The molecule has 6 heteroatoms. The molecule has 4 aromatic rings. The summed E-state index contributed by atoms with van der Waals surface area (Å²) in [5.41, 5.74) is 7.86. The molecule has 0 atom stereocenters. The number of thioether (sulfide) groups is 1. The summed E-state index contributed by atoms with van der Waals surface area (Å²) in [5, 5.41) is 3.78. The quantitative estimate of drug-likeness (QED) is 0.368. The predicted octanol–water partition coefficient (Wildman–Crippen LogP) is 5.75. The molecule has 0 spiro atoms. The molecule has 0 aliphatic carbocycles. The summed E-state index contributed by atoms with van der Waals surface area (Å²) < 4.78 is 7.38. The van der Waals surface area contributed by atoms with Crippen LogP contribution >= 0.6 is 11.8 Å². The maximum atomic E-state index is 12.6. The summed E-state index contributed by atoms with van der Waals surface area (Å²) in [4.78, 5) is 17.4. The Morgan fingerprint density at radius 1 is 1.03 bits per heavy atom. The Balaban J connectivity index is 1.55. The lowest BCUT2D eigenvalue weighted by Gasteiger charge is -2.15. The minimum atomic E-state index is -0.0681. The third-order valence-electron chi connectivity index (χ3n) is 5.48. The Morgan fingerprint density at radius 3 is 2.41 bits per heavy atom. The van der Waals surface area contributed by atoms with Gasteiger partial charge in [-0.2, -0.15) is 0 Å². The van der Waals surface area contributed by atoms with Crippen LogP contribution in [0.5, 0.6) is 5.75 Å². The molecule has 0 unspecified atom stereocenters. The molecule has 0 saturated heterocycles. The number of aromatic nitrogens is 2. The Morgan fingerprint density at radius 2 is 1.72 bits per heavy atom. The Kier molecular flexibility index (Phi) is 6.51. The number of benzene rings is 3. The highest BCUT2D eigenvalue weighted by molar-refractivity contribution is 7.99. The van der Waals surface area contributed by atoms with Gasteiger partial charge in [-0.05, 0) is 73.9 Å². The zero-order valence-corrected chi connectivity index (χ0v) is 19.6. The van der Waals surface area contributed by atoms with Crippen LogP contribution in [0.25, 0.3) is 11.0 Å². The first kappa shape index (κ1) is 22.0. The van der Waals surface area contributed by atoms with Crippen LogP contribution in [0.2, 0.25) is 0 Å². The molecule has 0 aliphatic rings. The van der Waals surface area contributed by atoms with Gasteiger partial charge >= 0.3 is 0 Å². The second-order valence-corrected chi connectivity index (χ2v) is 8.85. The van der Waals surface area contributed by atoms with Gasteiger partial charge < -0.3 is 14.6 Å². The SMILES string of the molecule is COc1ccc(NC(=O)CSc2nc3ccccc3n2Cc2c(C)cc(C)cc2C)cc1. The van der Waals surface area contributed by atoms with E-state index in [1.54, 1.807) is 7.11 Å². The van der Waals surface area contributed by atoms with Crippen molar-refractivity contribution in [3.8, 4) is 5.75 Å². The molecule has 3 aromatic carbocycles. The van der Waals surface area contributed by atoms with Crippen LogP contribution in [-0.4, -0.2) is 28.3 Å². The van der Waals surface area contributed by atoms with Crippen LogP contribution in [-0.2, 0) is 11.3 Å². The summed E-state index contributed by atoms with van der Waals surface area (Å²) in [6.45, 7) is 7.16. The second-order valence-electron chi connectivity index (χ2n) is 7.91. The number of nitrogens with zero attached hydrogens (tertiary/aromatic N) is 2. The summed E-state index contributed by atoms with van der Waals surface area (Å²) in [6.07, 6.45) is 0. The van der Waals surface area contributed by atoms with Gasteiger partial charge in [-0.15, -0.1) is 0 Å². The fraction of sp³-hybridized carbons (Fsp3) is 0.231. The molecule has 1 amide bonds. The van der Waals surface area contributed by atoms with Crippen LogP contribution in [0.15, 0.2) is 65.8 Å². The van der Waals surface area contributed by atoms with E-state index in [0.29, 0.717) is 0 Å². The third kappa shape index (κ3) is 4.81. The number of nitrogens with one attached hydrogen (secondary N) is 1. The van der Waals surface area contributed by atoms with Crippen molar-refractivity contribution in [2.45, 2.75) is 32.5 Å². The normalized spacial score (nSPS) is 11.0. The minimum absolute atomic E-state index is 0.0681. The summed E-state index contributed by atoms with van der Waals surface area (Å²) in [6, 6.07) is 19.9. The molecular weight excluding hydrogens is 418 g/mol. The standard InChI is InChI=1S/C26H27N3O2S/c1-17-13-18(2)22(19(3)14-17)15-29-24-8-6-5-7-23(24)28-26(29)32-16-25(30)27-20-9-11-21(31-4)12-10-20/h5-14H,15-16H2,1-4H3,(H,27,30). The zero-order chi connectivity index (χ0) is 22.7. The van der Waals surface area contributed by atoms with Crippen molar-refractivity contribution < 1.29 is 9.53 Å². The lowest BCUT2D eigenvalue weighted by atomic mass is 10.00. The number of ether oxygens (including phenoxy) is 1. The number of hydrogen-bond donors (Lipinski definition) is 1. The number of para-hydroxylation sites is 2. The lowest BCUT2D eigenvalue weighted by molar-refractivity contribution is -0.113. The van der Waals surface area contributed by atoms with E-state index in [1.165, 1.54) is 34.0 Å². The first-order valence-corrected chi connectivity index (χ1v) is 11.5. The summed E-state index contributed by atoms with van der Waals surface area (Å²) in [5.74, 6) is 0.968. The molecule has 1 heterocycles. The largest absolute Gasteiger partial charge is 0.497 e. The molecule has 32 heavy (non-hydrogen) atoms. The molecule has 0 fully saturated rings. The van der Waals surface area contributed by atoms with Gasteiger partial charge in [0, 0.05) is 5.69 Å². The van der Waals surface area contributed by atoms with Gasteiger partial charge in [-0.1, -0.05) is 41.6 Å². The molecule has 4 rings (SSSR count). The Hall–Kier alpha value is -3.25. The van der Waals surface area contributed by atoms with Crippen molar-refractivity contribution in [2.24, 2.45) is 0 Å². The molecule has 0 saturated carbocycles. The Bertz CT molecular complexity index is 1240. The molecule has 1 N–H and O–H groups in total. The van der Waals surface area contributed by atoms with Crippen LogP contribution in [0.4, 0.5) is 5.69 Å². The monoisotopic (exact) mass is 445 g/mol. The van der Waals surface area contributed by atoms with Crippen LogP contribution < -0.4 is 10.1 Å². The van der Waals surface area contributed by atoms with Crippen LogP contribution in [0, 0.1) is 20.8 Å². The van der Waals surface area contributed by atoms with E-state index in [2.05, 4.69) is 48.9 Å². The second kappa shape index (κ2) is 9.49. The maximum Gasteiger partial charge on any atom is 0.234 e. The molecule has 0 aliphatic heterocycles. The number of fused-ring (bicyclic) bond motifs is 1.